The van der Waals surface area contributed by atoms with E-state index in [0.717, 1.165) is 0 Å². The molecule has 0 fully saturated rings. The Hall–Kier alpha value is -1.59. The summed E-state index contributed by atoms with van der Waals surface area (Å²) in [5.41, 5.74) is -0.704. The summed E-state index contributed by atoms with van der Waals surface area (Å²) in [4.78, 5) is 36.6. The molecule has 6 nitrogen and oxygen atoms in total. The van der Waals surface area contributed by atoms with Crippen molar-refractivity contribution >= 4 is 17.8 Å². The van der Waals surface area contributed by atoms with Crippen LogP contribution in [0.15, 0.2) is 0 Å². The number of hydrogen-bond acceptors (Lipinski definition) is 5. The molecule has 0 heterocycles. The first-order chi connectivity index (χ1) is 9.28. The maximum Gasteiger partial charge on any atom is 0.315 e. The minimum absolute atomic E-state index is 0.0866. The molecule has 0 aliphatic rings. The monoisotopic (exact) mass is 287 g/mol. The van der Waals surface area contributed by atoms with Gasteiger partial charge in [0.25, 0.3) is 0 Å². The van der Waals surface area contributed by atoms with Crippen LogP contribution in [0.25, 0.3) is 0 Å². The van der Waals surface area contributed by atoms with E-state index in [1.165, 1.54) is 4.90 Å². The number of carbonyl (C=O) groups excluding carboxylic acids is 3. The zero-order chi connectivity index (χ0) is 15.8. The number of nitrogens with zero attached hydrogens (tertiary/aromatic N) is 1. The van der Waals surface area contributed by atoms with Crippen LogP contribution in [0.2, 0.25) is 0 Å². The van der Waals surface area contributed by atoms with E-state index in [0.29, 0.717) is 13.2 Å². The zero-order valence-electron chi connectivity index (χ0n) is 13.0. The molecule has 0 spiro atoms. The van der Waals surface area contributed by atoms with E-state index in [-0.39, 0.29) is 31.3 Å². The largest absolute Gasteiger partial charge is 0.466 e. The Kier molecular flexibility index (Phi) is 7.87. The fraction of sp³-hybridized carbons (Fsp3) is 0.786. The molecule has 0 bridgehead atoms. The van der Waals surface area contributed by atoms with Gasteiger partial charge in [-0.1, -0.05) is 0 Å². The average molecular weight is 287 g/mol. The highest BCUT2D eigenvalue weighted by Gasteiger charge is 2.33. The number of rotatable bonds is 8. The molecule has 0 aromatic rings. The maximum absolute atomic E-state index is 12.1. The van der Waals surface area contributed by atoms with Gasteiger partial charge in [0, 0.05) is 12.1 Å². The Morgan fingerprint density at radius 2 is 1.45 bits per heavy atom. The van der Waals surface area contributed by atoms with Gasteiger partial charge in [0.2, 0.25) is 5.91 Å². The maximum atomic E-state index is 12.1. The van der Waals surface area contributed by atoms with Crippen LogP contribution in [0, 0.1) is 0 Å². The van der Waals surface area contributed by atoms with Gasteiger partial charge < -0.3 is 14.4 Å². The van der Waals surface area contributed by atoms with E-state index in [1.807, 2.05) is 0 Å². The minimum atomic E-state index is -0.704. The van der Waals surface area contributed by atoms with E-state index in [1.54, 1.807) is 34.6 Å². The van der Waals surface area contributed by atoms with Crippen LogP contribution >= 0.6 is 0 Å². The van der Waals surface area contributed by atoms with Gasteiger partial charge in [-0.25, -0.2) is 0 Å². The standard InChI is InChI=1S/C14H25NO5/c1-6-15(11(16)9-12(17)19-7-2)14(4,5)10-13(18)20-8-3/h6-10H2,1-5H3. The van der Waals surface area contributed by atoms with Gasteiger partial charge in [0.05, 0.1) is 19.6 Å². The van der Waals surface area contributed by atoms with Gasteiger partial charge >= 0.3 is 11.9 Å². The first kappa shape index (κ1) is 18.4. The summed E-state index contributed by atoms with van der Waals surface area (Å²) < 4.78 is 9.66. The quantitative estimate of drug-likeness (QED) is 0.500. The number of esters is 2. The lowest BCUT2D eigenvalue weighted by Gasteiger charge is -2.37. The smallest absolute Gasteiger partial charge is 0.315 e. The molecule has 0 aromatic carbocycles. The summed E-state index contributed by atoms with van der Waals surface area (Å²) in [7, 11) is 0. The van der Waals surface area contributed by atoms with Gasteiger partial charge in [0.1, 0.15) is 6.42 Å². The van der Waals surface area contributed by atoms with Crippen molar-refractivity contribution in [1.29, 1.82) is 0 Å². The topological polar surface area (TPSA) is 72.9 Å². The van der Waals surface area contributed by atoms with Crippen molar-refractivity contribution in [1.82, 2.24) is 4.90 Å². The van der Waals surface area contributed by atoms with Gasteiger partial charge in [-0.05, 0) is 34.6 Å². The van der Waals surface area contributed by atoms with Gasteiger partial charge in [0.15, 0.2) is 0 Å². The Bertz CT molecular complexity index is 351. The van der Waals surface area contributed by atoms with Crippen molar-refractivity contribution in [2.75, 3.05) is 19.8 Å². The van der Waals surface area contributed by atoms with Crippen molar-refractivity contribution in [3.05, 3.63) is 0 Å². The lowest BCUT2D eigenvalue weighted by atomic mass is 9.97. The van der Waals surface area contributed by atoms with Gasteiger partial charge in [-0.2, -0.15) is 0 Å². The van der Waals surface area contributed by atoms with E-state index >= 15 is 0 Å². The summed E-state index contributed by atoms with van der Waals surface area (Å²) >= 11 is 0. The minimum Gasteiger partial charge on any atom is -0.466 e. The van der Waals surface area contributed by atoms with E-state index in [9.17, 15) is 14.4 Å². The molecule has 6 heteroatoms. The van der Waals surface area contributed by atoms with Gasteiger partial charge in [-0.3, -0.25) is 14.4 Å². The molecule has 1 amide bonds. The summed E-state index contributed by atoms with van der Waals surface area (Å²) in [6, 6.07) is 0. The number of amides is 1. The Morgan fingerprint density at radius 3 is 1.90 bits per heavy atom. The predicted molar refractivity (Wildman–Crippen MR) is 74.0 cm³/mol. The third-order valence-electron chi connectivity index (χ3n) is 2.83. The Morgan fingerprint density at radius 1 is 0.950 bits per heavy atom. The average Bonchev–Trinajstić information content (AvgIpc) is 2.28. The highest BCUT2D eigenvalue weighted by molar-refractivity contribution is 5.94. The lowest BCUT2D eigenvalue weighted by Crippen LogP contribution is -2.49. The SMILES string of the molecule is CCOC(=O)CC(=O)N(CC)C(C)(C)CC(=O)OCC. The predicted octanol–water partition coefficient (Wildman–Crippen LogP) is 1.52. The molecule has 0 aromatic heterocycles. The molecule has 0 unspecified atom stereocenters. The van der Waals surface area contributed by atoms with Crippen LogP contribution in [-0.4, -0.2) is 48.0 Å². The first-order valence-corrected chi connectivity index (χ1v) is 6.90. The second-order valence-corrected chi connectivity index (χ2v) is 4.91. The third-order valence-corrected chi connectivity index (χ3v) is 2.83. The van der Waals surface area contributed by atoms with Crippen molar-refractivity contribution in [3.8, 4) is 0 Å². The summed E-state index contributed by atoms with van der Waals surface area (Å²) in [6.45, 7) is 9.72. The van der Waals surface area contributed by atoms with E-state index in [2.05, 4.69) is 0 Å². The number of ether oxygens (including phenoxy) is 2. The second-order valence-electron chi connectivity index (χ2n) is 4.91. The molecular weight excluding hydrogens is 262 g/mol. The van der Waals surface area contributed by atoms with Crippen LogP contribution in [0.5, 0.6) is 0 Å². The second kappa shape index (κ2) is 8.55. The molecule has 0 aliphatic heterocycles. The molecule has 0 radical (unpaired) electrons. The van der Waals surface area contributed by atoms with Crippen molar-refractivity contribution in [2.24, 2.45) is 0 Å². The van der Waals surface area contributed by atoms with E-state index < -0.39 is 11.5 Å². The Balaban J connectivity index is 4.73. The molecule has 0 aliphatic carbocycles. The third kappa shape index (κ3) is 6.04. The van der Waals surface area contributed by atoms with Crippen LogP contribution in [0.3, 0.4) is 0 Å². The molecule has 0 saturated heterocycles. The molecule has 0 atom stereocenters. The summed E-state index contributed by atoms with van der Waals surface area (Å²) in [5.74, 6) is -1.26. The zero-order valence-corrected chi connectivity index (χ0v) is 13.0. The van der Waals surface area contributed by atoms with E-state index in [4.69, 9.17) is 9.47 Å². The van der Waals surface area contributed by atoms with Crippen LogP contribution in [-0.2, 0) is 23.9 Å². The fourth-order valence-electron chi connectivity index (χ4n) is 2.03. The van der Waals surface area contributed by atoms with Crippen LogP contribution in [0.1, 0.15) is 47.5 Å². The molecule has 20 heavy (non-hydrogen) atoms. The summed E-state index contributed by atoms with van der Waals surface area (Å²) in [5, 5.41) is 0. The Labute approximate surface area is 120 Å². The molecular formula is C14H25NO5. The number of carbonyl (C=O) groups is 3. The fourth-order valence-corrected chi connectivity index (χ4v) is 2.03. The number of hydrogen-bond donors (Lipinski definition) is 0. The van der Waals surface area contributed by atoms with Crippen LogP contribution < -0.4 is 0 Å². The lowest BCUT2D eigenvalue weighted by molar-refractivity contribution is -0.152. The molecule has 0 N–H and O–H groups in total. The first-order valence-electron chi connectivity index (χ1n) is 6.90. The highest BCUT2D eigenvalue weighted by atomic mass is 16.5. The normalized spacial score (nSPS) is 10.8. The molecule has 0 saturated carbocycles. The van der Waals surface area contributed by atoms with Crippen LogP contribution in [0.4, 0.5) is 0 Å². The van der Waals surface area contributed by atoms with Crippen molar-refractivity contribution in [3.63, 3.8) is 0 Å². The van der Waals surface area contributed by atoms with Crippen molar-refractivity contribution < 1.29 is 23.9 Å². The van der Waals surface area contributed by atoms with Gasteiger partial charge in [-0.15, -0.1) is 0 Å². The highest BCUT2D eigenvalue weighted by Crippen LogP contribution is 2.20. The van der Waals surface area contributed by atoms with Crippen molar-refractivity contribution in [2.45, 2.75) is 53.0 Å². The summed E-state index contributed by atoms with van der Waals surface area (Å²) in [6.07, 6.45) is -0.225. The molecule has 116 valence electrons. The molecule has 0 rings (SSSR count).